The minimum absolute atomic E-state index is 0. The van der Waals surface area contributed by atoms with E-state index < -0.39 is 0 Å². The Morgan fingerprint density at radius 3 is 2.52 bits per heavy atom. The normalized spacial score (nSPS) is 11.5. The SMILES string of the molecule is CCCN(CC)CCNC(=NC)N(C)Cc1cc(Cl)cn1C.I. The van der Waals surface area contributed by atoms with Gasteiger partial charge in [0.1, 0.15) is 0 Å². The van der Waals surface area contributed by atoms with E-state index in [2.05, 4.69) is 34.0 Å². The third-order valence-electron chi connectivity index (χ3n) is 3.75. The number of hydrogen-bond acceptors (Lipinski definition) is 2. The van der Waals surface area contributed by atoms with Gasteiger partial charge >= 0.3 is 0 Å². The monoisotopic (exact) mass is 455 g/mol. The van der Waals surface area contributed by atoms with E-state index in [-0.39, 0.29) is 24.0 Å². The van der Waals surface area contributed by atoms with Gasteiger partial charge in [-0.3, -0.25) is 4.99 Å². The average Bonchev–Trinajstić information content (AvgIpc) is 2.80. The molecule has 1 heterocycles. The highest BCUT2D eigenvalue weighted by atomic mass is 127. The Morgan fingerprint density at radius 1 is 1.35 bits per heavy atom. The number of likely N-dealkylation sites (N-methyl/N-ethyl adjacent to an activating group) is 1. The van der Waals surface area contributed by atoms with Crippen LogP contribution in [-0.2, 0) is 13.6 Å². The zero-order chi connectivity index (χ0) is 16.5. The van der Waals surface area contributed by atoms with Gasteiger partial charge in [0.25, 0.3) is 0 Å². The van der Waals surface area contributed by atoms with Crippen LogP contribution in [0.25, 0.3) is 0 Å². The number of hydrogen-bond donors (Lipinski definition) is 1. The molecule has 23 heavy (non-hydrogen) atoms. The summed E-state index contributed by atoms with van der Waals surface area (Å²) in [5.74, 6) is 0.907. The highest BCUT2D eigenvalue weighted by molar-refractivity contribution is 14.0. The van der Waals surface area contributed by atoms with Crippen LogP contribution in [0.4, 0.5) is 0 Å². The molecule has 0 radical (unpaired) electrons. The molecule has 0 amide bonds. The van der Waals surface area contributed by atoms with Crippen LogP contribution in [0.2, 0.25) is 5.02 Å². The Labute approximate surface area is 163 Å². The first-order chi connectivity index (χ1) is 10.5. The Kier molecular flexibility index (Phi) is 11.7. The molecule has 0 fully saturated rings. The third-order valence-corrected chi connectivity index (χ3v) is 3.95. The minimum atomic E-state index is 0. The van der Waals surface area contributed by atoms with Crippen LogP contribution in [0.3, 0.4) is 0 Å². The molecule has 0 aliphatic heterocycles. The summed E-state index contributed by atoms with van der Waals surface area (Å²) in [7, 11) is 5.87. The molecule has 0 saturated heterocycles. The molecule has 7 heteroatoms. The summed E-state index contributed by atoms with van der Waals surface area (Å²) in [4.78, 5) is 8.91. The van der Waals surface area contributed by atoms with Gasteiger partial charge in [0, 0.05) is 46.1 Å². The zero-order valence-electron chi connectivity index (χ0n) is 15.0. The molecule has 1 aromatic heterocycles. The van der Waals surface area contributed by atoms with Crippen molar-refractivity contribution in [2.45, 2.75) is 26.8 Å². The molecule has 1 N–H and O–H groups in total. The fourth-order valence-electron chi connectivity index (χ4n) is 2.50. The third kappa shape index (κ3) is 7.76. The van der Waals surface area contributed by atoms with Crippen molar-refractivity contribution in [2.24, 2.45) is 12.0 Å². The highest BCUT2D eigenvalue weighted by Gasteiger charge is 2.10. The van der Waals surface area contributed by atoms with Gasteiger partial charge in [-0.15, -0.1) is 24.0 Å². The molecule has 0 aliphatic carbocycles. The van der Waals surface area contributed by atoms with Gasteiger partial charge in [0.15, 0.2) is 5.96 Å². The maximum Gasteiger partial charge on any atom is 0.193 e. The van der Waals surface area contributed by atoms with E-state index in [1.807, 2.05) is 38.0 Å². The molecule has 134 valence electrons. The number of aromatic nitrogens is 1. The lowest BCUT2D eigenvalue weighted by Gasteiger charge is -2.24. The molecule has 0 spiro atoms. The minimum Gasteiger partial charge on any atom is -0.355 e. The number of rotatable bonds is 8. The Morgan fingerprint density at radius 2 is 2.04 bits per heavy atom. The van der Waals surface area contributed by atoms with E-state index in [0.29, 0.717) is 0 Å². The lowest BCUT2D eigenvalue weighted by Crippen LogP contribution is -2.42. The standard InChI is InChI=1S/C16H30ClN5.HI/c1-6-9-22(7-2)10-8-19-16(18-3)21(5)13-15-11-14(17)12-20(15)4;/h11-12H,6-10,13H2,1-5H3,(H,18,19);1H. The molecule has 0 unspecified atom stereocenters. The summed E-state index contributed by atoms with van der Waals surface area (Å²) in [6.07, 6.45) is 3.11. The second-order valence-corrected chi connectivity index (χ2v) is 5.96. The van der Waals surface area contributed by atoms with Crippen LogP contribution in [0.1, 0.15) is 26.0 Å². The van der Waals surface area contributed by atoms with Gasteiger partial charge in [-0.1, -0.05) is 25.4 Å². The van der Waals surface area contributed by atoms with Crippen molar-refractivity contribution in [3.05, 3.63) is 23.0 Å². The fraction of sp³-hybridized carbons (Fsp3) is 0.688. The predicted molar refractivity (Wildman–Crippen MR) is 111 cm³/mol. The molecule has 1 aromatic rings. The van der Waals surface area contributed by atoms with Crippen molar-refractivity contribution < 1.29 is 0 Å². The van der Waals surface area contributed by atoms with E-state index >= 15 is 0 Å². The first-order valence-corrected chi connectivity index (χ1v) is 8.34. The lowest BCUT2D eigenvalue weighted by atomic mass is 10.4. The van der Waals surface area contributed by atoms with Crippen molar-refractivity contribution in [1.29, 1.82) is 0 Å². The van der Waals surface area contributed by atoms with E-state index in [4.69, 9.17) is 11.6 Å². The molecular formula is C16H31ClIN5. The molecule has 0 bridgehead atoms. The number of aryl methyl sites for hydroxylation is 1. The van der Waals surface area contributed by atoms with E-state index in [0.717, 1.165) is 49.4 Å². The first kappa shape index (κ1) is 22.5. The van der Waals surface area contributed by atoms with Crippen molar-refractivity contribution in [1.82, 2.24) is 19.7 Å². The maximum atomic E-state index is 6.04. The lowest BCUT2D eigenvalue weighted by molar-refractivity contribution is 0.291. The van der Waals surface area contributed by atoms with Crippen LogP contribution in [0.15, 0.2) is 17.3 Å². The topological polar surface area (TPSA) is 35.8 Å². The predicted octanol–water partition coefficient (Wildman–Crippen LogP) is 3.04. The average molecular weight is 456 g/mol. The molecular weight excluding hydrogens is 425 g/mol. The van der Waals surface area contributed by atoms with Crippen LogP contribution >= 0.6 is 35.6 Å². The largest absolute Gasteiger partial charge is 0.355 e. The summed E-state index contributed by atoms with van der Waals surface area (Å²) in [6, 6.07) is 1.99. The maximum absolute atomic E-state index is 6.04. The van der Waals surface area contributed by atoms with Crippen LogP contribution in [0.5, 0.6) is 0 Å². The van der Waals surface area contributed by atoms with Crippen molar-refractivity contribution in [3.63, 3.8) is 0 Å². The Hall–Kier alpha value is -0.470. The number of nitrogens with one attached hydrogen (secondary N) is 1. The molecule has 0 aromatic carbocycles. The van der Waals surface area contributed by atoms with Gasteiger partial charge in [-0.25, -0.2) is 0 Å². The quantitative estimate of drug-likeness (QED) is 0.372. The van der Waals surface area contributed by atoms with Crippen molar-refractivity contribution in [2.75, 3.05) is 40.3 Å². The molecule has 0 saturated carbocycles. The summed E-state index contributed by atoms with van der Waals surface area (Å²) in [5, 5.41) is 4.20. The van der Waals surface area contributed by atoms with Gasteiger partial charge in [0.05, 0.1) is 11.6 Å². The van der Waals surface area contributed by atoms with Crippen molar-refractivity contribution >= 4 is 41.5 Å². The van der Waals surface area contributed by atoms with Crippen LogP contribution < -0.4 is 5.32 Å². The highest BCUT2D eigenvalue weighted by Crippen LogP contribution is 2.14. The smallest absolute Gasteiger partial charge is 0.193 e. The number of nitrogens with zero attached hydrogens (tertiary/aromatic N) is 4. The molecule has 1 rings (SSSR count). The molecule has 5 nitrogen and oxygen atoms in total. The van der Waals surface area contributed by atoms with Gasteiger partial charge in [0.2, 0.25) is 0 Å². The zero-order valence-corrected chi connectivity index (χ0v) is 18.1. The number of guanidine groups is 1. The first-order valence-electron chi connectivity index (χ1n) is 7.96. The number of aliphatic imine (C=N–C) groups is 1. The second-order valence-electron chi connectivity index (χ2n) is 5.52. The Bertz CT molecular complexity index is 475. The van der Waals surface area contributed by atoms with Gasteiger partial charge in [-0.2, -0.15) is 0 Å². The summed E-state index contributed by atoms with van der Waals surface area (Å²) in [6.45, 7) is 9.37. The summed E-state index contributed by atoms with van der Waals surface area (Å²) < 4.78 is 2.05. The number of halogens is 2. The summed E-state index contributed by atoms with van der Waals surface area (Å²) in [5.41, 5.74) is 1.16. The summed E-state index contributed by atoms with van der Waals surface area (Å²) >= 11 is 6.04. The van der Waals surface area contributed by atoms with E-state index in [1.54, 1.807) is 0 Å². The van der Waals surface area contributed by atoms with E-state index in [1.165, 1.54) is 6.42 Å². The van der Waals surface area contributed by atoms with Crippen LogP contribution in [-0.4, -0.2) is 60.6 Å². The fourth-order valence-corrected chi connectivity index (χ4v) is 2.77. The molecule has 0 atom stereocenters. The Balaban J connectivity index is 0.00000484. The molecule has 0 aliphatic rings. The van der Waals surface area contributed by atoms with Crippen molar-refractivity contribution in [3.8, 4) is 0 Å². The van der Waals surface area contributed by atoms with Gasteiger partial charge < -0.3 is 19.7 Å². The van der Waals surface area contributed by atoms with Crippen LogP contribution in [0, 0.1) is 0 Å². The van der Waals surface area contributed by atoms with E-state index in [9.17, 15) is 0 Å². The second kappa shape index (κ2) is 12.0. The van der Waals surface area contributed by atoms with Gasteiger partial charge in [-0.05, 0) is 25.6 Å².